The minimum Gasteiger partial charge on any atom is -0.444 e. The first kappa shape index (κ1) is 37.2. The monoisotopic (exact) mass is 641 g/mol. The van der Waals surface area contributed by atoms with Crippen molar-refractivity contribution in [3.63, 3.8) is 0 Å². The summed E-state index contributed by atoms with van der Waals surface area (Å²) < 4.78 is 33.4. The van der Waals surface area contributed by atoms with E-state index in [0.29, 0.717) is 19.3 Å². The Morgan fingerprint density at radius 3 is 1.80 bits per heavy atom. The number of hydroxylamine groups is 2. The standard InChI is InChI=1S/C37H53F2N3O4/c1-25(2)20-30(41-33(44)46-34(3,4)5)18-19-37(21-26-10-14-28(38)15-11-26,22-27-12-16-29(39)17-13-27)32(43)40-31-23-35(6,7)42(45)36(8,9)24-31/h10-19,25,30-31,45H,20-24H2,1-9H3,(H,40,43)(H,41,44)/b19-18+/t30-/m1/s1. The molecule has 1 fully saturated rings. The van der Waals surface area contributed by atoms with E-state index in [0.717, 1.165) is 11.1 Å². The van der Waals surface area contributed by atoms with Crippen LogP contribution in [-0.4, -0.2) is 51.0 Å². The maximum atomic E-state index is 14.7. The van der Waals surface area contributed by atoms with Gasteiger partial charge in [0.2, 0.25) is 5.91 Å². The fourth-order valence-corrected chi connectivity index (χ4v) is 6.50. The molecule has 1 aliphatic heterocycles. The molecule has 9 heteroatoms. The third kappa shape index (κ3) is 10.6. The first-order chi connectivity index (χ1) is 21.2. The highest BCUT2D eigenvalue weighted by molar-refractivity contribution is 5.86. The van der Waals surface area contributed by atoms with Crippen molar-refractivity contribution in [1.82, 2.24) is 15.7 Å². The molecule has 254 valence electrons. The van der Waals surface area contributed by atoms with Crippen molar-refractivity contribution in [3.05, 3.63) is 83.4 Å². The predicted molar refractivity (Wildman–Crippen MR) is 177 cm³/mol. The van der Waals surface area contributed by atoms with Crippen molar-refractivity contribution in [3.8, 4) is 0 Å². The fraction of sp³-hybridized carbons (Fsp3) is 0.568. The third-order valence-corrected chi connectivity index (χ3v) is 8.37. The van der Waals surface area contributed by atoms with E-state index >= 15 is 0 Å². The number of carbonyl (C=O) groups excluding carboxylic acids is 2. The highest BCUT2D eigenvalue weighted by Crippen LogP contribution is 2.38. The van der Waals surface area contributed by atoms with Crippen LogP contribution in [0.2, 0.25) is 0 Å². The van der Waals surface area contributed by atoms with Gasteiger partial charge in [-0.1, -0.05) is 50.3 Å². The van der Waals surface area contributed by atoms with E-state index in [1.165, 1.54) is 29.3 Å². The van der Waals surface area contributed by atoms with Crippen LogP contribution in [0.3, 0.4) is 0 Å². The molecule has 1 atom stereocenters. The Labute approximate surface area is 273 Å². The van der Waals surface area contributed by atoms with E-state index in [1.54, 1.807) is 45.0 Å². The summed E-state index contributed by atoms with van der Waals surface area (Å²) in [4.78, 5) is 27.5. The molecule has 2 aromatic carbocycles. The number of nitrogens with zero attached hydrogens (tertiary/aromatic N) is 1. The minimum absolute atomic E-state index is 0.218. The number of piperidine rings is 1. The van der Waals surface area contributed by atoms with Crippen LogP contribution >= 0.6 is 0 Å². The molecule has 1 aliphatic rings. The smallest absolute Gasteiger partial charge is 0.408 e. The first-order valence-electron chi connectivity index (χ1n) is 16.2. The Morgan fingerprint density at radius 1 is 0.935 bits per heavy atom. The van der Waals surface area contributed by atoms with Gasteiger partial charge in [0, 0.05) is 17.1 Å². The van der Waals surface area contributed by atoms with E-state index in [2.05, 4.69) is 10.6 Å². The largest absolute Gasteiger partial charge is 0.444 e. The van der Waals surface area contributed by atoms with Crippen molar-refractivity contribution in [2.24, 2.45) is 11.3 Å². The Hall–Kier alpha value is -3.30. The van der Waals surface area contributed by atoms with Gasteiger partial charge < -0.3 is 20.6 Å². The molecule has 0 aromatic heterocycles. The van der Waals surface area contributed by atoms with Gasteiger partial charge in [-0.05, 0) is 122 Å². The number of rotatable bonds is 11. The lowest BCUT2D eigenvalue weighted by Gasteiger charge is -2.52. The van der Waals surface area contributed by atoms with E-state index < -0.39 is 34.2 Å². The van der Waals surface area contributed by atoms with Crippen LogP contribution in [0.15, 0.2) is 60.7 Å². The summed E-state index contributed by atoms with van der Waals surface area (Å²) in [6.07, 6.45) is 5.20. The number of hydrogen-bond donors (Lipinski definition) is 3. The van der Waals surface area contributed by atoms with Crippen molar-refractivity contribution < 1.29 is 28.3 Å². The molecule has 46 heavy (non-hydrogen) atoms. The molecule has 3 N–H and O–H groups in total. The van der Waals surface area contributed by atoms with E-state index in [9.17, 15) is 23.6 Å². The summed E-state index contributed by atoms with van der Waals surface area (Å²) in [6, 6.07) is 11.4. The normalized spacial score (nSPS) is 18.0. The van der Waals surface area contributed by atoms with Crippen LogP contribution in [0, 0.1) is 23.0 Å². The van der Waals surface area contributed by atoms with Crippen LogP contribution in [-0.2, 0) is 22.4 Å². The molecule has 0 unspecified atom stereocenters. The number of carbonyl (C=O) groups is 2. The van der Waals surface area contributed by atoms with E-state index in [-0.39, 0.29) is 42.3 Å². The summed E-state index contributed by atoms with van der Waals surface area (Å²) >= 11 is 0. The second kappa shape index (κ2) is 14.6. The highest BCUT2D eigenvalue weighted by atomic mass is 19.1. The van der Waals surface area contributed by atoms with Crippen molar-refractivity contribution in [1.29, 1.82) is 0 Å². The zero-order chi connectivity index (χ0) is 34.5. The average Bonchev–Trinajstić information content (AvgIpc) is 2.91. The number of halogens is 2. The molecule has 0 saturated carbocycles. The summed E-state index contributed by atoms with van der Waals surface area (Å²) in [6.45, 7) is 17.2. The van der Waals surface area contributed by atoms with Gasteiger partial charge in [-0.2, -0.15) is 5.06 Å². The zero-order valence-corrected chi connectivity index (χ0v) is 28.9. The topological polar surface area (TPSA) is 90.9 Å². The first-order valence-corrected chi connectivity index (χ1v) is 16.2. The SMILES string of the molecule is CC(C)C[C@@H](/C=C/C(Cc1ccc(F)cc1)(Cc1ccc(F)cc1)C(=O)NC1CC(C)(C)N(O)C(C)(C)C1)NC(=O)OC(C)(C)C. The van der Waals surface area contributed by atoms with Crippen LogP contribution in [0.25, 0.3) is 0 Å². The Kier molecular flexibility index (Phi) is 11.8. The van der Waals surface area contributed by atoms with E-state index in [1.807, 2.05) is 53.7 Å². The molecule has 1 heterocycles. The van der Waals surface area contributed by atoms with Gasteiger partial charge in [0.25, 0.3) is 0 Å². The molecule has 0 radical (unpaired) electrons. The van der Waals surface area contributed by atoms with Gasteiger partial charge in [-0.25, -0.2) is 13.6 Å². The Morgan fingerprint density at radius 2 is 1.39 bits per heavy atom. The number of amides is 2. The highest BCUT2D eigenvalue weighted by Gasteiger charge is 2.47. The molecule has 7 nitrogen and oxygen atoms in total. The van der Waals surface area contributed by atoms with Crippen molar-refractivity contribution in [2.75, 3.05) is 0 Å². The lowest BCUT2D eigenvalue weighted by molar-refractivity contribution is -0.246. The third-order valence-electron chi connectivity index (χ3n) is 8.37. The van der Waals surface area contributed by atoms with Crippen molar-refractivity contribution in [2.45, 2.75) is 123 Å². The molecule has 2 aromatic rings. The van der Waals surface area contributed by atoms with Crippen molar-refractivity contribution >= 4 is 12.0 Å². The maximum absolute atomic E-state index is 14.7. The Balaban J connectivity index is 2.11. The molecule has 2 amide bonds. The number of ether oxygens (including phenoxy) is 1. The zero-order valence-electron chi connectivity index (χ0n) is 28.9. The van der Waals surface area contributed by atoms with Gasteiger partial charge in [0.1, 0.15) is 17.2 Å². The van der Waals surface area contributed by atoms with Crippen LogP contribution in [0.4, 0.5) is 13.6 Å². The number of hydrogen-bond acceptors (Lipinski definition) is 5. The van der Waals surface area contributed by atoms with Gasteiger partial charge in [0.05, 0.1) is 11.5 Å². The average molecular weight is 642 g/mol. The molecule has 0 spiro atoms. The van der Waals surface area contributed by atoms with Crippen LogP contribution in [0.1, 0.15) is 92.7 Å². The summed E-state index contributed by atoms with van der Waals surface area (Å²) in [5.41, 5.74) is -1.58. The second-order valence-corrected chi connectivity index (χ2v) is 15.5. The summed E-state index contributed by atoms with van der Waals surface area (Å²) in [7, 11) is 0. The van der Waals surface area contributed by atoms with E-state index in [4.69, 9.17) is 4.74 Å². The molecule has 0 bridgehead atoms. The summed E-state index contributed by atoms with van der Waals surface area (Å²) in [5, 5.41) is 18.5. The number of alkyl carbamates (subject to hydrolysis) is 1. The maximum Gasteiger partial charge on any atom is 0.408 e. The molecular formula is C37H53F2N3O4. The lowest BCUT2D eigenvalue weighted by Crippen LogP contribution is -2.63. The molecule has 3 rings (SSSR count). The number of nitrogens with one attached hydrogen (secondary N) is 2. The minimum atomic E-state index is -1.20. The van der Waals surface area contributed by atoms with Gasteiger partial charge >= 0.3 is 6.09 Å². The van der Waals surface area contributed by atoms with Crippen LogP contribution < -0.4 is 10.6 Å². The number of benzene rings is 2. The predicted octanol–water partition coefficient (Wildman–Crippen LogP) is 7.76. The van der Waals surface area contributed by atoms with Gasteiger partial charge in [0.15, 0.2) is 0 Å². The second-order valence-electron chi connectivity index (χ2n) is 15.5. The Bertz CT molecular complexity index is 1280. The summed E-state index contributed by atoms with van der Waals surface area (Å²) in [5.74, 6) is -0.797. The van der Waals surface area contributed by atoms with Gasteiger partial charge in [-0.3, -0.25) is 4.79 Å². The molecule has 0 aliphatic carbocycles. The van der Waals surface area contributed by atoms with Gasteiger partial charge in [-0.15, -0.1) is 0 Å². The lowest BCUT2D eigenvalue weighted by atomic mass is 9.73. The van der Waals surface area contributed by atoms with Crippen LogP contribution in [0.5, 0.6) is 0 Å². The molecular weight excluding hydrogens is 588 g/mol. The fourth-order valence-electron chi connectivity index (χ4n) is 6.50. The molecule has 1 saturated heterocycles. The quantitative estimate of drug-likeness (QED) is 0.218.